The first-order valence-corrected chi connectivity index (χ1v) is 6.36. The maximum absolute atomic E-state index is 11.3. The summed E-state index contributed by atoms with van der Waals surface area (Å²) in [7, 11) is 0. The summed E-state index contributed by atoms with van der Waals surface area (Å²) < 4.78 is 0. The fourth-order valence-electron chi connectivity index (χ4n) is 2.67. The molecule has 1 saturated heterocycles. The molecular weight excluding hydrogens is 202 g/mol. The summed E-state index contributed by atoms with van der Waals surface area (Å²) in [5, 5.41) is 3.50. The third-order valence-electron chi connectivity index (χ3n) is 3.56. The summed E-state index contributed by atoms with van der Waals surface area (Å²) in [4.78, 5) is 13.5. The number of carbonyl (C=O) groups is 1. The quantitative estimate of drug-likeness (QED) is 0.722. The lowest BCUT2D eigenvalue weighted by atomic mass is 9.92. The van der Waals surface area contributed by atoms with Gasteiger partial charge in [0.2, 0.25) is 5.91 Å². The van der Waals surface area contributed by atoms with Gasteiger partial charge in [-0.15, -0.1) is 0 Å². The highest BCUT2D eigenvalue weighted by Crippen LogP contribution is 2.19. The summed E-state index contributed by atoms with van der Waals surface area (Å²) >= 11 is 0. The van der Waals surface area contributed by atoms with Crippen LogP contribution in [0.15, 0.2) is 0 Å². The van der Waals surface area contributed by atoms with E-state index >= 15 is 0 Å². The van der Waals surface area contributed by atoms with E-state index in [1.807, 2.05) is 6.92 Å². The predicted molar refractivity (Wildman–Crippen MR) is 66.1 cm³/mol. The van der Waals surface area contributed by atoms with Crippen LogP contribution >= 0.6 is 0 Å². The molecule has 1 rings (SSSR count). The van der Waals surface area contributed by atoms with Gasteiger partial charge in [0.25, 0.3) is 0 Å². The van der Waals surface area contributed by atoms with E-state index in [1.54, 1.807) is 0 Å². The van der Waals surface area contributed by atoms with E-state index in [4.69, 9.17) is 5.73 Å². The molecule has 0 aromatic rings. The number of nitrogens with two attached hydrogens (primary N) is 1. The molecule has 3 unspecified atom stereocenters. The molecule has 1 aliphatic heterocycles. The van der Waals surface area contributed by atoms with E-state index < -0.39 is 0 Å². The van der Waals surface area contributed by atoms with Crippen LogP contribution in [0.4, 0.5) is 0 Å². The molecule has 3 atom stereocenters. The predicted octanol–water partition coefficient (Wildman–Crippen LogP) is 0.570. The second-order valence-corrected chi connectivity index (χ2v) is 4.75. The van der Waals surface area contributed by atoms with Crippen molar-refractivity contribution in [2.24, 2.45) is 11.7 Å². The summed E-state index contributed by atoms with van der Waals surface area (Å²) in [5.74, 6) is 0.402. The largest absolute Gasteiger partial charge is 0.368 e. The molecule has 4 heteroatoms. The number of rotatable bonds is 5. The summed E-state index contributed by atoms with van der Waals surface area (Å²) in [6.45, 7) is 9.37. The van der Waals surface area contributed by atoms with Crippen LogP contribution in [0, 0.1) is 5.92 Å². The van der Waals surface area contributed by atoms with Gasteiger partial charge in [-0.1, -0.05) is 20.8 Å². The molecule has 0 saturated carbocycles. The zero-order valence-corrected chi connectivity index (χ0v) is 10.7. The molecule has 0 radical (unpaired) electrons. The Morgan fingerprint density at radius 2 is 2.25 bits per heavy atom. The molecule has 1 aliphatic rings. The van der Waals surface area contributed by atoms with Gasteiger partial charge in [0.05, 0.1) is 6.04 Å². The number of amides is 1. The van der Waals surface area contributed by atoms with Crippen molar-refractivity contribution < 1.29 is 4.79 Å². The van der Waals surface area contributed by atoms with Crippen LogP contribution in [-0.4, -0.2) is 42.5 Å². The van der Waals surface area contributed by atoms with Gasteiger partial charge in [-0.2, -0.15) is 0 Å². The van der Waals surface area contributed by atoms with Crippen molar-refractivity contribution in [1.29, 1.82) is 0 Å². The van der Waals surface area contributed by atoms with E-state index in [2.05, 4.69) is 24.1 Å². The fourth-order valence-corrected chi connectivity index (χ4v) is 2.67. The average molecular weight is 227 g/mol. The van der Waals surface area contributed by atoms with Crippen molar-refractivity contribution in [2.45, 2.75) is 45.7 Å². The second kappa shape index (κ2) is 6.21. The molecule has 0 aromatic carbocycles. The van der Waals surface area contributed by atoms with Gasteiger partial charge in [0.1, 0.15) is 0 Å². The van der Waals surface area contributed by atoms with Crippen molar-refractivity contribution in [1.82, 2.24) is 10.2 Å². The van der Waals surface area contributed by atoms with Crippen molar-refractivity contribution >= 4 is 5.91 Å². The van der Waals surface area contributed by atoms with Crippen molar-refractivity contribution in [3.8, 4) is 0 Å². The normalized spacial score (nSPS) is 28.9. The minimum absolute atomic E-state index is 0.0787. The number of carbonyl (C=O) groups excluding carboxylic acids is 1. The monoisotopic (exact) mass is 227 g/mol. The third-order valence-corrected chi connectivity index (χ3v) is 3.56. The molecule has 94 valence electrons. The fraction of sp³-hybridized carbons (Fsp3) is 0.917. The molecule has 4 nitrogen and oxygen atoms in total. The maximum Gasteiger partial charge on any atom is 0.234 e. The van der Waals surface area contributed by atoms with Gasteiger partial charge in [-0.3, -0.25) is 9.69 Å². The molecule has 0 spiro atoms. The number of hydrogen-bond acceptors (Lipinski definition) is 3. The minimum Gasteiger partial charge on any atom is -0.368 e. The van der Waals surface area contributed by atoms with Crippen molar-refractivity contribution in [3.63, 3.8) is 0 Å². The number of nitrogens with zero attached hydrogens (tertiary/aromatic N) is 1. The standard InChI is InChI=1S/C12H25N3O/c1-4-11(12(13)16)15-7-6-10(14-5-2)9(3)8-15/h9-11,14H,4-8H2,1-3H3,(H2,13,16). The third kappa shape index (κ3) is 3.19. The molecule has 3 N–H and O–H groups in total. The number of hydrogen-bond donors (Lipinski definition) is 2. The Labute approximate surface area is 98.6 Å². The molecule has 1 fully saturated rings. The van der Waals surface area contributed by atoms with E-state index in [9.17, 15) is 4.79 Å². The highest BCUT2D eigenvalue weighted by molar-refractivity contribution is 5.79. The maximum atomic E-state index is 11.3. The number of nitrogens with one attached hydrogen (secondary N) is 1. The highest BCUT2D eigenvalue weighted by atomic mass is 16.1. The Kier molecular flexibility index (Phi) is 5.22. The topological polar surface area (TPSA) is 58.4 Å². The van der Waals surface area contributed by atoms with Crippen LogP contribution in [0.1, 0.15) is 33.6 Å². The van der Waals surface area contributed by atoms with Crippen LogP contribution in [0.25, 0.3) is 0 Å². The van der Waals surface area contributed by atoms with E-state index in [0.29, 0.717) is 12.0 Å². The lowest BCUT2D eigenvalue weighted by Gasteiger charge is -2.40. The molecule has 1 heterocycles. The van der Waals surface area contributed by atoms with Crippen molar-refractivity contribution in [3.05, 3.63) is 0 Å². The summed E-state index contributed by atoms with van der Waals surface area (Å²) in [6, 6.07) is 0.511. The van der Waals surface area contributed by atoms with E-state index in [1.165, 1.54) is 0 Å². The number of piperidine rings is 1. The molecule has 0 bridgehead atoms. The smallest absolute Gasteiger partial charge is 0.234 e. The molecule has 16 heavy (non-hydrogen) atoms. The first-order valence-electron chi connectivity index (χ1n) is 6.36. The molecule has 0 aromatic heterocycles. The van der Waals surface area contributed by atoms with Crippen LogP contribution in [0.5, 0.6) is 0 Å². The second-order valence-electron chi connectivity index (χ2n) is 4.75. The van der Waals surface area contributed by atoms with Gasteiger partial charge in [0.15, 0.2) is 0 Å². The average Bonchev–Trinajstić information content (AvgIpc) is 2.22. The zero-order valence-electron chi connectivity index (χ0n) is 10.7. The van der Waals surface area contributed by atoms with E-state index in [0.717, 1.165) is 32.5 Å². The first-order chi connectivity index (χ1) is 7.60. The Morgan fingerprint density at radius 3 is 2.69 bits per heavy atom. The Balaban J connectivity index is 2.52. The number of primary amides is 1. The Morgan fingerprint density at radius 1 is 1.56 bits per heavy atom. The molecular formula is C12H25N3O. The molecule has 1 amide bonds. The lowest BCUT2D eigenvalue weighted by Crippen LogP contribution is -2.54. The minimum atomic E-state index is -0.184. The van der Waals surface area contributed by atoms with Gasteiger partial charge >= 0.3 is 0 Å². The Bertz CT molecular complexity index is 232. The van der Waals surface area contributed by atoms with Gasteiger partial charge in [0, 0.05) is 19.1 Å². The Hall–Kier alpha value is -0.610. The number of likely N-dealkylation sites (tertiary alicyclic amines) is 1. The zero-order chi connectivity index (χ0) is 12.1. The first kappa shape index (κ1) is 13.5. The van der Waals surface area contributed by atoms with E-state index in [-0.39, 0.29) is 11.9 Å². The van der Waals surface area contributed by atoms with Crippen LogP contribution < -0.4 is 11.1 Å². The summed E-state index contributed by atoms with van der Waals surface area (Å²) in [6.07, 6.45) is 1.92. The van der Waals surface area contributed by atoms with Crippen LogP contribution in [0.3, 0.4) is 0 Å². The van der Waals surface area contributed by atoms with Crippen molar-refractivity contribution in [2.75, 3.05) is 19.6 Å². The van der Waals surface area contributed by atoms with Gasteiger partial charge in [-0.25, -0.2) is 0 Å². The van der Waals surface area contributed by atoms with Crippen LogP contribution in [0.2, 0.25) is 0 Å². The van der Waals surface area contributed by atoms with Gasteiger partial charge in [-0.05, 0) is 25.3 Å². The van der Waals surface area contributed by atoms with Gasteiger partial charge < -0.3 is 11.1 Å². The molecule has 0 aliphatic carbocycles. The summed E-state index contributed by atoms with van der Waals surface area (Å²) in [5.41, 5.74) is 5.42. The lowest BCUT2D eigenvalue weighted by molar-refractivity contribution is -0.124. The highest BCUT2D eigenvalue weighted by Gasteiger charge is 2.30. The SMILES string of the molecule is CCNC1CCN(C(CC)C(N)=O)CC1C. The van der Waals surface area contributed by atoms with Crippen LogP contribution in [-0.2, 0) is 4.79 Å².